The highest BCUT2D eigenvalue weighted by molar-refractivity contribution is 7.13. The molecule has 0 aliphatic heterocycles. The number of benzene rings is 2. The first kappa shape index (κ1) is 13.6. The van der Waals surface area contributed by atoms with Crippen LogP contribution in [-0.2, 0) is 6.54 Å². The summed E-state index contributed by atoms with van der Waals surface area (Å²) in [7, 11) is 0. The van der Waals surface area contributed by atoms with E-state index in [9.17, 15) is 5.11 Å². The highest BCUT2D eigenvalue weighted by Crippen LogP contribution is 2.34. The summed E-state index contributed by atoms with van der Waals surface area (Å²) in [5, 5.41) is 14.4. The van der Waals surface area contributed by atoms with Crippen LogP contribution in [0.4, 0.5) is 0 Å². The Hall–Kier alpha value is -2.10. The van der Waals surface area contributed by atoms with Gasteiger partial charge in [0.1, 0.15) is 0 Å². The van der Waals surface area contributed by atoms with Crippen molar-refractivity contribution in [2.75, 3.05) is 0 Å². The number of thiophene rings is 1. The number of rotatable bonds is 3. The van der Waals surface area contributed by atoms with Crippen LogP contribution in [0.1, 0.15) is 6.92 Å². The molecule has 0 aliphatic carbocycles. The van der Waals surface area contributed by atoms with Gasteiger partial charge in [-0.2, -0.15) is 0 Å². The monoisotopic (exact) mass is 307 g/mol. The van der Waals surface area contributed by atoms with Crippen molar-refractivity contribution in [3.8, 4) is 10.4 Å². The van der Waals surface area contributed by atoms with Crippen LogP contribution in [0, 0.1) is 0 Å². The van der Waals surface area contributed by atoms with Crippen molar-refractivity contribution in [1.29, 1.82) is 0 Å². The zero-order valence-electron chi connectivity index (χ0n) is 12.4. The minimum absolute atomic E-state index is 0.365. The number of nitrogens with zero attached hydrogens (tertiary/aromatic N) is 1. The second kappa shape index (κ2) is 5.27. The SMILES string of the molecule is CC(O)Cn1c2ccccc2c2cc(-c3cccs3)ccc21. The fraction of sp³-hybridized carbons (Fsp3) is 0.158. The maximum absolute atomic E-state index is 9.83. The van der Waals surface area contributed by atoms with E-state index in [4.69, 9.17) is 0 Å². The number of aliphatic hydroxyl groups excluding tert-OH is 1. The van der Waals surface area contributed by atoms with Gasteiger partial charge in [-0.05, 0) is 42.1 Å². The lowest BCUT2D eigenvalue weighted by Gasteiger charge is -2.09. The van der Waals surface area contributed by atoms with Crippen LogP contribution in [0.5, 0.6) is 0 Å². The Morgan fingerprint density at radius 1 is 1.00 bits per heavy atom. The Labute approximate surface area is 133 Å². The van der Waals surface area contributed by atoms with E-state index in [1.54, 1.807) is 11.3 Å². The molecule has 2 aromatic heterocycles. The van der Waals surface area contributed by atoms with Crippen LogP contribution in [0.3, 0.4) is 0 Å². The van der Waals surface area contributed by atoms with Crippen LogP contribution in [0.15, 0.2) is 60.0 Å². The molecule has 0 radical (unpaired) electrons. The van der Waals surface area contributed by atoms with Crippen molar-refractivity contribution in [1.82, 2.24) is 4.57 Å². The van der Waals surface area contributed by atoms with Gasteiger partial charge in [0, 0.05) is 33.2 Å². The number of para-hydroxylation sites is 1. The van der Waals surface area contributed by atoms with E-state index in [-0.39, 0.29) is 6.10 Å². The summed E-state index contributed by atoms with van der Waals surface area (Å²) in [4.78, 5) is 1.29. The van der Waals surface area contributed by atoms with Gasteiger partial charge in [-0.15, -0.1) is 11.3 Å². The Bertz CT molecular complexity index is 935. The van der Waals surface area contributed by atoms with Gasteiger partial charge in [-0.3, -0.25) is 0 Å². The van der Waals surface area contributed by atoms with Gasteiger partial charge in [0.2, 0.25) is 0 Å². The largest absolute Gasteiger partial charge is 0.392 e. The van der Waals surface area contributed by atoms with Gasteiger partial charge in [-0.1, -0.05) is 30.3 Å². The molecule has 0 fully saturated rings. The fourth-order valence-corrected chi connectivity index (χ4v) is 3.83. The highest BCUT2D eigenvalue weighted by Gasteiger charge is 2.12. The molecule has 1 unspecified atom stereocenters. The summed E-state index contributed by atoms with van der Waals surface area (Å²) in [6, 6.07) is 19.3. The Kier molecular flexibility index (Phi) is 3.25. The zero-order chi connectivity index (χ0) is 15.1. The van der Waals surface area contributed by atoms with Crippen LogP contribution < -0.4 is 0 Å². The third kappa shape index (κ3) is 2.14. The smallest absolute Gasteiger partial charge is 0.0691 e. The lowest BCUT2D eigenvalue weighted by Crippen LogP contribution is -2.11. The summed E-state index contributed by atoms with van der Waals surface area (Å²) in [5.74, 6) is 0. The molecule has 0 bridgehead atoms. The highest BCUT2D eigenvalue weighted by atomic mass is 32.1. The van der Waals surface area contributed by atoms with E-state index in [0.717, 1.165) is 0 Å². The molecule has 0 aliphatic rings. The number of aliphatic hydroxyl groups is 1. The Morgan fingerprint density at radius 3 is 2.59 bits per heavy atom. The second-order valence-corrected chi connectivity index (χ2v) is 6.63. The van der Waals surface area contributed by atoms with Crippen LogP contribution in [-0.4, -0.2) is 15.8 Å². The van der Waals surface area contributed by atoms with Crippen molar-refractivity contribution >= 4 is 33.1 Å². The van der Waals surface area contributed by atoms with E-state index in [0.29, 0.717) is 6.54 Å². The maximum Gasteiger partial charge on any atom is 0.0691 e. The average molecular weight is 307 g/mol. The molecule has 1 atom stereocenters. The summed E-state index contributed by atoms with van der Waals surface area (Å²) in [5.41, 5.74) is 3.62. The van der Waals surface area contributed by atoms with E-state index < -0.39 is 0 Å². The molecule has 22 heavy (non-hydrogen) atoms. The topological polar surface area (TPSA) is 25.2 Å². The third-order valence-electron chi connectivity index (χ3n) is 4.02. The van der Waals surface area contributed by atoms with Crippen LogP contribution >= 0.6 is 11.3 Å². The van der Waals surface area contributed by atoms with Crippen molar-refractivity contribution in [3.63, 3.8) is 0 Å². The predicted octanol–water partition coefficient (Wildman–Crippen LogP) is 4.90. The average Bonchev–Trinajstić information content (AvgIpc) is 3.15. The molecule has 0 saturated heterocycles. The normalized spacial score (nSPS) is 13.0. The molecule has 0 amide bonds. The van der Waals surface area contributed by atoms with Crippen molar-refractivity contribution in [2.45, 2.75) is 19.6 Å². The van der Waals surface area contributed by atoms with Gasteiger partial charge >= 0.3 is 0 Å². The second-order valence-electron chi connectivity index (χ2n) is 5.69. The lowest BCUT2D eigenvalue weighted by molar-refractivity contribution is 0.176. The predicted molar refractivity (Wildman–Crippen MR) is 94.4 cm³/mol. The number of fused-ring (bicyclic) bond motifs is 3. The molecule has 2 heterocycles. The lowest BCUT2D eigenvalue weighted by atomic mass is 10.1. The molecule has 0 saturated carbocycles. The molecule has 2 aromatic carbocycles. The number of hydrogen-bond acceptors (Lipinski definition) is 2. The molecule has 4 rings (SSSR count). The Morgan fingerprint density at radius 2 is 1.82 bits per heavy atom. The quantitative estimate of drug-likeness (QED) is 0.572. The number of hydrogen-bond donors (Lipinski definition) is 1. The summed E-state index contributed by atoms with van der Waals surface area (Å²) in [6.45, 7) is 2.45. The third-order valence-corrected chi connectivity index (χ3v) is 4.94. The summed E-state index contributed by atoms with van der Waals surface area (Å²) >= 11 is 1.76. The van der Waals surface area contributed by atoms with E-state index >= 15 is 0 Å². The Balaban J connectivity index is 2.02. The van der Waals surface area contributed by atoms with Crippen molar-refractivity contribution in [2.24, 2.45) is 0 Å². The van der Waals surface area contributed by atoms with Gasteiger partial charge in [0.25, 0.3) is 0 Å². The minimum Gasteiger partial charge on any atom is -0.392 e. The molecule has 4 aromatic rings. The molecular formula is C19H17NOS. The van der Waals surface area contributed by atoms with Gasteiger partial charge in [0.05, 0.1) is 6.10 Å². The first-order chi connectivity index (χ1) is 10.7. The number of aromatic nitrogens is 1. The van der Waals surface area contributed by atoms with Crippen LogP contribution in [0.25, 0.3) is 32.2 Å². The summed E-state index contributed by atoms with van der Waals surface area (Å²) < 4.78 is 2.22. The standard InChI is InChI=1S/C19H17NOS/c1-13(21)12-20-17-6-3-2-5-15(17)16-11-14(8-9-18(16)20)19-7-4-10-22-19/h2-11,13,21H,12H2,1H3. The van der Waals surface area contributed by atoms with Crippen LogP contribution in [0.2, 0.25) is 0 Å². The van der Waals surface area contributed by atoms with Gasteiger partial charge < -0.3 is 9.67 Å². The van der Waals surface area contributed by atoms with Crippen molar-refractivity contribution < 1.29 is 5.11 Å². The summed E-state index contributed by atoms with van der Waals surface area (Å²) in [6.07, 6.45) is -0.365. The van der Waals surface area contributed by atoms with Crippen molar-refractivity contribution in [3.05, 3.63) is 60.0 Å². The molecule has 110 valence electrons. The molecule has 1 N–H and O–H groups in total. The first-order valence-corrected chi connectivity index (χ1v) is 8.35. The zero-order valence-corrected chi connectivity index (χ0v) is 13.2. The molecule has 3 heteroatoms. The van der Waals surface area contributed by atoms with E-state index in [2.05, 4.69) is 64.5 Å². The minimum atomic E-state index is -0.365. The molecular weight excluding hydrogens is 290 g/mol. The maximum atomic E-state index is 9.83. The van der Waals surface area contributed by atoms with E-state index in [1.165, 1.54) is 32.2 Å². The van der Waals surface area contributed by atoms with Gasteiger partial charge in [-0.25, -0.2) is 0 Å². The van der Waals surface area contributed by atoms with E-state index in [1.807, 2.05) is 6.92 Å². The fourth-order valence-electron chi connectivity index (χ4n) is 3.11. The van der Waals surface area contributed by atoms with Gasteiger partial charge in [0.15, 0.2) is 0 Å². The molecule has 2 nitrogen and oxygen atoms in total. The molecule has 0 spiro atoms. The first-order valence-electron chi connectivity index (χ1n) is 7.47.